The largest absolute Gasteiger partial charge is 0.387 e. The number of halogens is 1. The molecule has 25 heavy (non-hydrogen) atoms. The summed E-state index contributed by atoms with van der Waals surface area (Å²) < 4.78 is 0. The molecule has 0 saturated heterocycles. The molecule has 0 aliphatic carbocycles. The van der Waals surface area contributed by atoms with Crippen LogP contribution in [0, 0.1) is 5.92 Å². The standard InChI is InChI=1S/C17H30ClN7/c1-6-13(18)11(4)9-15(20)25-12(5)24-14(19)7-8-23-17(22)16(21)10(2)3/h6,10,16H,1,5,7-9,21H2,2-4H3,(H2,19,24)(H2,20,25)(H2,22,23)/b13-11-. The molecule has 140 valence electrons. The zero-order valence-electron chi connectivity index (χ0n) is 15.3. The molecule has 7 nitrogen and oxygen atoms in total. The van der Waals surface area contributed by atoms with Gasteiger partial charge in [-0.1, -0.05) is 44.7 Å². The van der Waals surface area contributed by atoms with Crippen LogP contribution in [-0.4, -0.2) is 30.1 Å². The zero-order chi connectivity index (χ0) is 19.6. The Bertz CT molecular complexity index is 600. The van der Waals surface area contributed by atoms with Crippen molar-refractivity contribution in [3.05, 3.63) is 35.7 Å². The first-order chi connectivity index (χ1) is 11.6. The Morgan fingerprint density at radius 2 is 1.72 bits per heavy atom. The Hall–Kier alpha value is -2.12. The lowest BCUT2D eigenvalue weighted by molar-refractivity contribution is 0.590. The Morgan fingerprint density at radius 3 is 2.24 bits per heavy atom. The second-order valence-corrected chi connectivity index (χ2v) is 6.37. The van der Waals surface area contributed by atoms with Gasteiger partial charge in [-0.25, -0.2) is 9.98 Å². The van der Waals surface area contributed by atoms with Gasteiger partial charge < -0.3 is 22.9 Å². The lowest BCUT2D eigenvalue weighted by Crippen LogP contribution is -2.41. The van der Waals surface area contributed by atoms with E-state index in [9.17, 15) is 0 Å². The van der Waals surface area contributed by atoms with E-state index in [0.717, 1.165) is 5.57 Å². The zero-order valence-corrected chi connectivity index (χ0v) is 16.1. The maximum absolute atomic E-state index is 5.95. The van der Waals surface area contributed by atoms with Gasteiger partial charge in [-0.2, -0.15) is 0 Å². The molecule has 8 N–H and O–H groups in total. The number of amidine groups is 3. The van der Waals surface area contributed by atoms with Crippen LogP contribution in [0.5, 0.6) is 0 Å². The number of nitrogens with zero attached hydrogens (tertiary/aromatic N) is 3. The molecule has 0 aliphatic rings. The van der Waals surface area contributed by atoms with Crippen molar-refractivity contribution in [2.24, 2.45) is 43.8 Å². The molecule has 0 fully saturated rings. The molecule has 0 radical (unpaired) electrons. The van der Waals surface area contributed by atoms with Crippen molar-refractivity contribution in [2.45, 2.75) is 39.7 Å². The van der Waals surface area contributed by atoms with Crippen LogP contribution in [0.2, 0.25) is 0 Å². The SMILES string of the molecule is C=C/C(Cl)=C(\C)CC(N)=NC(=C)N=C(N)CCN=C(N)C(N)C(C)C. The average molecular weight is 368 g/mol. The Labute approximate surface area is 155 Å². The van der Waals surface area contributed by atoms with Crippen molar-refractivity contribution in [1.82, 2.24) is 0 Å². The van der Waals surface area contributed by atoms with Gasteiger partial charge in [0.2, 0.25) is 0 Å². The fraction of sp³-hybridized carbons (Fsp3) is 0.471. The molecule has 0 aromatic rings. The molecule has 0 saturated carbocycles. The van der Waals surface area contributed by atoms with E-state index in [1.165, 1.54) is 0 Å². The van der Waals surface area contributed by atoms with E-state index in [-0.39, 0.29) is 17.8 Å². The number of nitrogens with two attached hydrogens (primary N) is 4. The van der Waals surface area contributed by atoms with Crippen LogP contribution in [0.15, 0.2) is 50.6 Å². The highest BCUT2D eigenvalue weighted by Gasteiger charge is 2.11. The number of hydrogen-bond donors (Lipinski definition) is 4. The molecular formula is C17H30ClN7. The number of hydrogen-bond acceptors (Lipinski definition) is 4. The van der Waals surface area contributed by atoms with Crippen LogP contribution in [0.3, 0.4) is 0 Å². The van der Waals surface area contributed by atoms with Crippen molar-refractivity contribution in [2.75, 3.05) is 6.54 Å². The minimum Gasteiger partial charge on any atom is -0.387 e. The summed E-state index contributed by atoms with van der Waals surface area (Å²) in [6.45, 7) is 13.5. The van der Waals surface area contributed by atoms with Gasteiger partial charge in [-0.15, -0.1) is 0 Å². The molecule has 1 unspecified atom stereocenters. The first kappa shape index (κ1) is 22.9. The van der Waals surface area contributed by atoms with Gasteiger partial charge in [0.25, 0.3) is 0 Å². The van der Waals surface area contributed by atoms with Gasteiger partial charge in [-0.3, -0.25) is 4.99 Å². The summed E-state index contributed by atoms with van der Waals surface area (Å²) in [5, 5.41) is 0.543. The summed E-state index contributed by atoms with van der Waals surface area (Å²) in [7, 11) is 0. The van der Waals surface area contributed by atoms with Crippen LogP contribution in [0.1, 0.15) is 33.6 Å². The Balaban J connectivity index is 4.68. The summed E-state index contributed by atoms with van der Waals surface area (Å²) in [5.74, 6) is 1.52. The molecule has 0 heterocycles. The summed E-state index contributed by atoms with van der Waals surface area (Å²) in [4.78, 5) is 12.4. The predicted octanol–water partition coefficient (Wildman–Crippen LogP) is 1.99. The predicted molar refractivity (Wildman–Crippen MR) is 110 cm³/mol. The smallest absolute Gasteiger partial charge is 0.148 e. The van der Waals surface area contributed by atoms with Gasteiger partial charge in [0, 0.05) is 24.4 Å². The molecule has 0 amide bonds. The van der Waals surface area contributed by atoms with E-state index >= 15 is 0 Å². The van der Waals surface area contributed by atoms with Crippen LogP contribution in [0.4, 0.5) is 0 Å². The average Bonchev–Trinajstić information content (AvgIpc) is 2.52. The normalized spacial score (nSPS) is 15.8. The Morgan fingerprint density at radius 1 is 1.16 bits per heavy atom. The molecule has 8 heteroatoms. The monoisotopic (exact) mass is 367 g/mol. The van der Waals surface area contributed by atoms with Gasteiger partial charge in [0.15, 0.2) is 0 Å². The maximum Gasteiger partial charge on any atom is 0.148 e. The number of aliphatic imine (C=N–C) groups is 3. The molecule has 0 aromatic heterocycles. The number of allylic oxidation sites excluding steroid dienone is 2. The summed E-state index contributed by atoms with van der Waals surface area (Å²) in [6, 6.07) is -0.267. The van der Waals surface area contributed by atoms with E-state index in [1.807, 2.05) is 20.8 Å². The highest BCUT2D eigenvalue weighted by molar-refractivity contribution is 6.31. The Kier molecular flexibility index (Phi) is 10.5. The van der Waals surface area contributed by atoms with Crippen molar-refractivity contribution < 1.29 is 0 Å². The fourth-order valence-electron chi connectivity index (χ4n) is 1.73. The van der Waals surface area contributed by atoms with Crippen LogP contribution < -0.4 is 22.9 Å². The van der Waals surface area contributed by atoms with Gasteiger partial charge in [0.05, 0.1) is 6.04 Å². The molecule has 1 atom stereocenters. The van der Waals surface area contributed by atoms with E-state index in [2.05, 4.69) is 28.1 Å². The molecule has 0 aliphatic heterocycles. The lowest BCUT2D eigenvalue weighted by Gasteiger charge is -2.14. The van der Waals surface area contributed by atoms with E-state index in [0.29, 0.717) is 41.9 Å². The van der Waals surface area contributed by atoms with Crippen molar-refractivity contribution in [3.8, 4) is 0 Å². The van der Waals surface area contributed by atoms with Crippen molar-refractivity contribution in [1.29, 1.82) is 0 Å². The summed E-state index contributed by atoms with van der Waals surface area (Å²) in [6.07, 6.45) is 2.36. The molecular weight excluding hydrogens is 338 g/mol. The third kappa shape index (κ3) is 9.69. The first-order valence-corrected chi connectivity index (χ1v) is 8.34. The minimum absolute atomic E-state index is 0.216. The minimum atomic E-state index is -0.267. The molecule has 0 aromatic carbocycles. The molecule has 0 rings (SSSR count). The van der Waals surface area contributed by atoms with Crippen LogP contribution >= 0.6 is 11.6 Å². The third-order valence-electron chi connectivity index (χ3n) is 3.30. The summed E-state index contributed by atoms with van der Waals surface area (Å²) >= 11 is 5.95. The second-order valence-electron chi connectivity index (χ2n) is 5.96. The summed E-state index contributed by atoms with van der Waals surface area (Å²) in [5.41, 5.74) is 24.3. The third-order valence-corrected chi connectivity index (χ3v) is 3.78. The second kappa shape index (κ2) is 11.4. The first-order valence-electron chi connectivity index (χ1n) is 7.96. The topological polar surface area (TPSA) is 141 Å². The maximum atomic E-state index is 5.95. The lowest BCUT2D eigenvalue weighted by atomic mass is 10.1. The van der Waals surface area contributed by atoms with Crippen LogP contribution in [0.25, 0.3) is 0 Å². The van der Waals surface area contributed by atoms with Crippen molar-refractivity contribution >= 4 is 29.1 Å². The molecule has 0 spiro atoms. The highest BCUT2D eigenvalue weighted by atomic mass is 35.5. The van der Waals surface area contributed by atoms with E-state index < -0.39 is 0 Å². The van der Waals surface area contributed by atoms with E-state index in [1.54, 1.807) is 6.08 Å². The highest BCUT2D eigenvalue weighted by Crippen LogP contribution is 2.13. The van der Waals surface area contributed by atoms with Gasteiger partial charge in [0.1, 0.15) is 23.3 Å². The van der Waals surface area contributed by atoms with Crippen LogP contribution in [-0.2, 0) is 0 Å². The number of rotatable bonds is 10. The fourth-order valence-corrected chi connectivity index (χ4v) is 1.80. The van der Waals surface area contributed by atoms with Gasteiger partial charge >= 0.3 is 0 Å². The molecule has 0 bridgehead atoms. The van der Waals surface area contributed by atoms with Crippen molar-refractivity contribution in [3.63, 3.8) is 0 Å². The quantitative estimate of drug-likeness (QED) is 0.266. The van der Waals surface area contributed by atoms with E-state index in [4.69, 9.17) is 34.5 Å². The van der Waals surface area contributed by atoms with Gasteiger partial charge in [-0.05, 0) is 18.4 Å².